The van der Waals surface area contributed by atoms with Crippen LogP contribution in [0.1, 0.15) is 31.9 Å². The fourth-order valence-corrected chi connectivity index (χ4v) is 2.18. The highest BCUT2D eigenvalue weighted by Gasteiger charge is 2.07. The second-order valence-corrected chi connectivity index (χ2v) is 5.49. The van der Waals surface area contributed by atoms with Gasteiger partial charge in [0.1, 0.15) is 0 Å². The third-order valence-electron chi connectivity index (χ3n) is 2.61. The normalized spacial score (nSPS) is 12.2. The van der Waals surface area contributed by atoms with E-state index in [0.717, 1.165) is 41.6 Å². The summed E-state index contributed by atoms with van der Waals surface area (Å²) < 4.78 is 11.1. The van der Waals surface area contributed by atoms with Crippen molar-refractivity contribution in [3.05, 3.63) is 23.8 Å². The van der Waals surface area contributed by atoms with Gasteiger partial charge >= 0.3 is 0 Å². The van der Waals surface area contributed by atoms with E-state index >= 15 is 0 Å². The summed E-state index contributed by atoms with van der Waals surface area (Å²) in [5.41, 5.74) is 6.90. The second kappa shape index (κ2) is 8.27. The van der Waals surface area contributed by atoms with Crippen LogP contribution in [0.3, 0.4) is 0 Å². The number of ether oxygens (including phenoxy) is 2. The van der Waals surface area contributed by atoms with Crippen LogP contribution in [-0.4, -0.2) is 25.2 Å². The highest BCUT2D eigenvalue weighted by molar-refractivity contribution is 7.99. The van der Waals surface area contributed by atoms with E-state index in [-0.39, 0.29) is 6.04 Å². The van der Waals surface area contributed by atoms with E-state index in [2.05, 4.69) is 6.92 Å². The predicted molar refractivity (Wildman–Crippen MR) is 78.7 cm³/mol. The van der Waals surface area contributed by atoms with Crippen molar-refractivity contribution in [3.8, 4) is 11.5 Å². The molecule has 0 aromatic heterocycles. The second-order valence-electron chi connectivity index (χ2n) is 4.10. The van der Waals surface area contributed by atoms with Gasteiger partial charge in [-0.1, -0.05) is 13.0 Å². The van der Waals surface area contributed by atoms with Crippen LogP contribution in [-0.2, 0) is 0 Å². The molecule has 4 heteroatoms. The molecule has 3 nitrogen and oxygen atoms in total. The molecule has 0 bridgehead atoms. The zero-order chi connectivity index (χ0) is 13.4. The van der Waals surface area contributed by atoms with Gasteiger partial charge in [0.2, 0.25) is 0 Å². The molecule has 0 fully saturated rings. The Morgan fingerprint density at radius 1 is 1.33 bits per heavy atom. The largest absolute Gasteiger partial charge is 0.493 e. The fourth-order valence-electron chi connectivity index (χ4n) is 1.57. The molecule has 18 heavy (non-hydrogen) atoms. The van der Waals surface area contributed by atoms with E-state index in [0.29, 0.717) is 0 Å². The smallest absolute Gasteiger partial charge is 0.161 e. The van der Waals surface area contributed by atoms with Gasteiger partial charge in [0.05, 0.1) is 13.7 Å². The molecule has 1 aromatic carbocycles. The molecule has 0 radical (unpaired) electrons. The van der Waals surface area contributed by atoms with Crippen molar-refractivity contribution in [2.75, 3.05) is 25.2 Å². The summed E-state index contributed by atoms with van der Waals surface area (Å²) in [5, 5.41) is 0. The van der Waals surface area contributed by atoms with Gasteiger partial charge in [-0.2, -0.15) is 11.8 Å². The molecule has 0 saturated heterocycles. The monoisotopic (exact) mass is 269 g/mol. The highest BCUT2D eigenvalue weighted by atomic mass is 32.2. The van der Waals surface area contributed by atoms with Gasteiger partial charge in [-0.05, 0) is 42.5 Å². The van der Waals surface area contributed by atoms with Crippen molar-refractivity contribution < 1.29 is 9.47 Å². The molecule has 0 spiro atoms. The first-order valence-corrected chi connectivity index (χ1v) is 7.48. The Balaban J connectivity index is 2.54. The Hall–Kier alpha value is -0.870. The molecule has 2 N–H and O–H groups in total. The summed E-state index contributed by atoms with van der Waals surface area (Å²) in [6.45, 7) is 4.85. The van der Waals surface area contributed by atoms with Crippen molar-refractivity contribution in [1.29, 1.82) is 0 Å². The third-order valence-corrected chi connectivity index (χ3v) is 3.59. The maximum atomic E-state index is 5.84. The molecule has 0 aliphatic heterocycles. The van der Waals surface area contributed by atoms with Crippen molar-refractivity contribution in [2.45, 2.75) is 26.3 Å². The summed E-state index contributed by atoms with van der Waals surface area (Å²) in [7, 11) is 1.65. The molecule has 0 saturated carbocycles. The lowest BCUT2D eigenvalue weighted by Crippen LogP contribution is -2.06. The average Bonchev–Trinajstić information content (AvgIpc) is 2.38. The average molecular weight is 269 g/mol. The Labute approximate surface area is 114 Å². The minimum atomic E-state index is 0.00824. The van der Waals surface area contributed by atoms with Crippen LogP contribution in [0.15, 0.2) is 18.2 Å². The lowest BCUT2D eigenvalue weighted by molar-refractivity contribution is 0.295. The first-order valence-electron chi connectivity index (χ1n) is 6.33. The molecule has 0 aliphatic rings. The van der Waals surface area contributed by atoms with Crippen LogP contribution in [0.5, 0.6) is 11.5 Å². The molecular weight excluding hydrogens is 246 g/mol. The minimum absolute atomic E-state index is 0.00824. The van der Waals surface area contributed by atoms with Crippen LogP contribution in [0.4, 0.5) is 0 Å². The molecule has 0 amide bonds. The number of benzene rings is 1. The van der Waals surface area contributed by atoms with Crippen LogP contribution in [0.25, 0.3) is 0 Å². The van der Waals surface area contributed by atoms with E-state index in [9.17, 15) is 0 Å². The molecule has 1 unspecified atom stereocenters. The molecule has 0 heterocycles. The van der Waals surface area contributed by atoms with Crippen LogP contribution in [0.2, 0.25) is 0 Å². The van der Waals surface area contributed by atoms with Gasteiger partial charge in [0.15, 0.2) is 11.5 Å². The quantitative estimate of drug-likeness (QED) is 0.736. The van der Waals surface area contributed by atoms with E-state index in [1.54, 1.807) is 7.11 Å². The van der Waals surface area contributed by atoms with Crippen molar-refractivity contribution in [1.82, 2.24) is 0 Å². The fraction of sp³-hybridized carbons (Fsp3) is 0.571. The Morgan fingerprint density at radius 3 is 2.72 bits per heavy atom. The zero-order valence-corrected chi connectivity index (χ0v) is 12.3. The van der Waals surface area contributed by atoms with E-state index < -0.39 is 0 Å². The number of hydrogen-bond acceptors (Lipinski definition) is 4. The van der Waals surface area contributed by atoms with Gasteiger partial charge in [0.25, 0.3) is 0 Å². The third kappa shape index (κ3) is 4.78. The van der Waals surface area contributed by atoms with Crippen molar-refractivity contribution in [2.24, 2.45) is 5.73 Å². The van der Waals surface area contributed by atoms with Gasteiger partial charge in [0, 0.05) is 6.04 Å². The molecule has 1 aromatic rings. The SMILES string of the molecule is CCSCCCOc1ccc(C(C)N)cc1OC. The molecular formula is C14H23NO2S. The lowest BCUT2D eigenvalue weighted by Gasteiger charge is -2.13. The van der Waals surface area contributed by atoms with Gasteiger partial charge < -0.3 is 15.2 Å². The highest BCUT2D eigenvalue weighted by Crippen LogP contribution is 2.29. The summed E-state index contributed by atoms with van der Waals surface area (Å²) in [6.07, 6.45) is 1.05. The topological polar surface area (TPSA) is 44.5 Å². The van der Waals surface area contributed by atoms with Gasteiger partial charge in [-0.3, -0.25) is 0 Å². The summed E-state index contributed by atoms with van der Waals surface area (Å²) in [5.74, 6) is 3.85. The number of rotatable bonds is 8. The maximum Gasteiger partial charge on any atom is 0.161 e. The van der Waals surface area contributed by atoms with Crippen LogP contribution >= 0.6 is 11.8 Å². The maximum absolute atomic E-state index is 5.84. The number of hydrogen-bond donors (Lipinski definition) is 1. The Kier molecular flexibility index (Phi) is 6.98. The van der Waals surface area contributed by atoms with E-state index in [1.165, 1.54) is 0 Å². The first kappa shape index (κ1) is 15.2. The number of thioether (sulfide) groups is 1. The van der Waals surface area contributed by atoms with Crippen LogP contribution in [0, 0.1) is 0 Å². The van der Waals surface area contributed by atoms with Gasteiger partial charge in [-0.15, -0.1) is 0 Å². The molecule has 102 valence electrons. The molecule has 1 rings (SSSR count). The summed E-state index contributed by atoms with van der Waals surface area (Å²) >= 11 is 1.93. The van der Waals surface area contributed by atoms with E-state index in [4.69, 9.17) is 15.2 Å². The van der Waals surface area contributed by atoms with Crippen LogP contribution < -0.4 is 15.2 Å². The minimum Gasteiger partial charge on any atom is -0.493 e. The summed E-state index contributed by atoms with van der Waals surface area (Å²) in [6, 6.07) is 5.88. The molecule has 1 atom stereocenters. The standard InChI is InChI=1S/C14H23NO2S/c1-4-18-9-5-8-17-13-7-6-12(11(2)15)10-14(13)16-3/h6-7,10-11H,4-5,8-9,15H2,1-3H3. The summed E-state index contributed by atoms with van der Waals surface area (Å²) in [4.78, 5) is 0. The lowest BCUT2D eigenvalue weighted by atomic mass is 10.1. The predicted octanol–water partition coefficient (Wildman–Crippen LogP) is 3.24. The van der Waals surface area contributed by atoms with Crippen molar-refractivity contribution >= 4 is 11.8 Å². The van der Waals surface area contributed by atoms with E-state index in [1.807, 2.05) is 36.9 Å². The first-order chi connectivity index (χ1) is 8.69. The zero-order valence-electron chi connectivity index (χ0n) is 11.4. The number of methoxy groups -OCH3 is 1. The number of nitrogens with two attached hydrogens (primary N) is 1. The Bertz CT molecular complexity index is 356. The molecule has 0 aliphatic carbocycles. The van der Waals surface area contributed by atoms with Gasteiger partial charge in [-0.25, -0.2) is 0 Å². The Morgan fingerprint density at radius 2 is 2.11 bits per heavy atom. The van der Waals surface area contributed by atoms with Crippen molar-refractivity contribution in [3.63, 3.8) is 0 Å².